The number of nitrogens with two attached hydrogens (primary N) is 1. The molecule has 2 aromatic rings. The van der Waals surface area contributed by atoms with Gasteiger partial charge in [0.1, 0.15) is 5.75 Å². The molecule has 0 saturated heterocycles. The Morgan fingerprint density at radius 2 is 1.78 bits per heavy atom. The summed E-state index contributed by atoms with van der Waals surface area (Å²) in [5, 5.41) is 3.71. The molecule has 5 heteroatoms. The summed E-state index contributed by atoms with van der Waals surface area (Å²) in [4.78, 5) is 17.0. The molecule has 0 spiro atoms. The number of hydrogen-bond donors (Lipinski definition) is 1. The second-order valence-corrected chi connectivity index (χ2v) is 5.42. The summed E-state index contributed by atoms with van der Waals surface area (Å²) in [5.41, 5.74) is 7.94. The summed E-state index contributed by atoms with van der Waals surface area (Å²) in [6.07, 6.45) is 0.0243. The first-order valence-corrected chi connectivity index (χ1v) is 7.34. The minimum atomic E-state index is -0.588. The van der Waals surface area contributed by atoms with Gasteiger partial charge < -0.3 is 15.3 Å². The van der Waals surface area contributed by atoms with E-state index in [4.69, 9.17) is 15.3 Å². The Labute approximate surface area is 135 Å². The van der Waals surface area contributed by atoms with Crippen molar-refractivity contribution in [3.05, 3.63) is 65.2 Å². The molecule has 2 aromatic carbocycles. The largest absolute Gasteiger partial charge is 0.491 e. The van der Waals surface area contributed by atoms with Gasteiger partial charge in [-0.3, -0.25) is 0 Å². The lowest BCUT2D eigenvalue weighted by Crippen LogP contribution is -2.15. The van der Waals surface area contributed by atoms with Crippen LogP contribution >= 0.6 is 0 Å². The van der Waals surface area contributed by atoms with E-state index in [0.29, 0.717) is 16.9 Å². The summed E-state index contributed by atoms with van der Waals surface area (Å²) >= 11 is 0. The molecule has 0 aliphatic heterocycles. The number of aryl methyl sites for hydroxylation is 1. The lowest BCUT2D eigenvalue weighted by Gasteiger charge is -2.10. The van der Waals surface area contributed by atoms with E-state index in [0.717, 1.165) is 5.56 Å². The number of rotatable bonds is 5. The van der Waals surface area contributed by atoms with Gasteiger partial charge >= 0.3 is 5.97 Å². The van der Waals surface area contributed by atoms with Gasteiger partial charge in [0.25, 0.3) is 0 Å². The van der Waals surface area contributed by atoms with Crippen LogP contribution in [0.3, 0.4) is 0 Å². The molecular formula is C18H20N2O3. The Hall–Kier alpha value is -2.82. The zero-order valence-electron chi connectivity index (χ0n) is 13.4. The van der Waals surface area contributed by atoms with Crippen LogP contribution in [-0.4, -0.2) is 17.9 Å². The smallest absolute Gasteiger partial charge is 0.365 e. The third-order valence-corrected chi connectivity index (χ3v) is 2.98. The standard InChI is InChI=1S/C18H20N2O3/c1-12(2)22-16-9-5-8-15(11-16)18(21)23-20-17(19)14-7-4-6-13(3)10-14/h4-12H,1-3H3,(H2,19,20). The minimum absolute atomic E-state index is 0.0243. The van der Waals surface area contributed by atoms with Crippen LogP contribution in [0.15, 0.2) is 53.7 Å². The van der Waals surface area contributed by atoms with Crippen LogP contribution < -0.4 is 10.5 Å². The van der Waals surface area contributed by atoms with Crippen LogP contribution in [0, 0.1) is 6.92 Å². The third-order valence-electron chi connectivity index (χ3n) is 2.98. The highest BCUT2D eigenvalue weighted by Gasteiger charge is 2.10. The van der Waals surface area contributed by atoms with Crippen molar-refractivity contribution in [3.8, 4) is 5.75 Å². The topological polar surface area (TPSA) is 73.9 Å². The van der Waals surface area contributed by atoms with Gasteiger partial charge in [0.2, 0.25) is 0 Å². The first-order valence-electron chi connectivity index (χ1n) is 7.34. The summed E-state index contributed by atoms with van der Waals surface area (Å²) in [6.45, 7) is 5.78. The maximum absolute atomic E-state index is 12.0. The Balaban J connectivity index is 2.08. The molecule has 0 fully saturated rings. The van der Waals surface area contributed by atoms with E-state index in [-0.39, 0.29) is 11.9 Å². The summed E-state index contributed by atoms with van der Waals surface area (Å²) < 4.78 is 5.54. The summed E-state index contributed by atoms with van der Waals surface area (Å²) in [7, 11) is 0. The Morgan fingerprint density at radius 3 is 2.48 bits per heavy atom. The van der Waals surface area contributed by atoms with Crippen molar-refractivity contribution < 1.29 is 14.4 Å². The number of nitrogens with zero attached hydrogens (tertiary/aromatic N) is 1. The predicted octanol–water partition coefficient (Wildman–Crippen LogP) is 3.26. The highest BCUT2D eigenvalue weighted by molar-refractivity contribution is 5.98. The maximum Gasteiger partial charge on any atom is 0.365 e. The number of carbonyl (C=O) groups excluding carboxylic acids is 1. The molecule has 0 heterocycles. The van der Waals surface area contributed by atoms with E-state index >= 15 is 0 Å². The number of ether oxygens (including phenoxy) is 1. The summed E-state index contributed by atoms with van der Waals surface area (Å²) in [6, 6.07) is 14.2. The first kappa shape index (κ1) is 16.5. The van der Waals surface area contributed by atoms with Crippen LogP contribution in [0.5, 0.6) is 5.75 Å². The number of hydrogen-bond acceptors (Lipinski definition) is 4. The Bertz CT molecular complexity index is 724. The minimum Gasteiger partial charge on any atom is -0.491 e. The molecule has 2 N–H and O–H groups in total. The molecule has 5 nitrogen and oxygen atoms in total. The molecule has 0 aromatic heterocycles. The molecule has 0 atom stereocenters. The van der Waals surface area contributed by atoms with Crippen LogP contribution in [0.25, 0.3) is 0 Å². The molecule has 120 valence electrons. The monoisotopic (exact) mass is 312 g/mol. The van der Waals surface area contributed by atoms with Crippen LogP contribution in [0.2, 0.25) is 0 Å². The quantitative estimate of drug-likeness (QED) is 0.398. The van der Waals surface area contributed by atoms with E-state index in [9.17, 15) is 4.79 Å². The van der Waals surface area contributed by atoms with E-state index in [1.54, 1.807) is 30.3 Å². The molecule has 23 heavy (non-hydrogen) atoms. The molecule has 0 amide bonds. The van der Waals surface area contributed by atoms with Gasteiger partial charge in [0, 0.05) is 5.56 Å². The van der Waals surface area contributed by atoms with Gasteiger partial charge in [-0.25, -0.2) is 4.79 Å². The highest BCUT2D eigenvalue weighted by Crippen LogP contribution is 2.16. The molecule has 0 bridgehead atoms. The van der Waals surface area contributed by atoms with Gasteiger partial charge in [-0.1, -0.05) is 35.0 Å². The van der Waals surface area contributed by atoms with Gasteiger partial charge in [-0.05, 0) is 45.0 Å². The molecule has 0 aliphatic carbocycles. The zero-order chi connectivity index (χ0) is 16.8. The number of carbonyl (C=O) groups is 1. The SMILES string of the molecule is Cc1cccc(/C(N)=N\OC(=O)c2cccc(OC(C)C)c2)c1. The summed E-state index contributed by atoms with van der Waals surface area (Å²) in [5.74, 6) is 0.163. The van der Waals surface area contributed by atoms with Crippen molar-refractivity contribution in [1.29, 1.82) is 0 Å². The van der Waals surface area contributed by atoms with Gasteiger partial charge in [0.15, 0.2) is 5.84 Å². The normalized spacial score (nSPS) is 11.4. The van der Waals surface area contributed by atoms with Gasteiger partial charge in [-0.2, -0.15) is 0 Å². The number of benzene rings is 2. The van der Waals surface area contributed by atoms with Crippen molar-refractivity contribution in [2.45, 2.75) is 26.9 Å². The average Bonchev–Trinajstić information content (AvgIpc) is 2.52. The predicted molar refractivity (Wildman–Crippen MR) is 89.5 cm³/mol. The molecule has 2 rings (SSSR count). The van der Waals surface area contributed by atoms with Gasteiger partial charge in [-0.15, -0.1) is 0 Å². The van der Waals surface area contributed by atoms with Crippen molar-refractivity contribution in [1.82, 2.24) is 0 Å². The lowest BCUT2D eigenvalue weighted by atomic mass is 10.1. The van der Waals surface area contributed by atoms with Crippen LogP contribution in [-0.2, 0) is 4.84 Å². The fourth-order valence-electron chi connectivity index (χ4n) is 1.97. The van der Waals surface area contributed by atoms with Gasteiger partial charge in [0.05, 0.1) is 11.7 Å². The maximum atomic E-state index is 12.0. The van der Waals surface area contributed by atoms with Crippen molar-refractivity contribution in [3.63, 3.8) is 0 Å². The lowest BCUT2D eigenvalue weighted by molar-refractivity contribution is 0.0515. The fraction of sp³-hybridized carbons (Fsp3) is 0.222. The number of oxime groups is 1. The molecule has 0 unspecified atom stereocenters. The average molecular weight is 312 g/mol. The Morgan fingerprint density at radius 1 is 1.09 bits per heavy atom. The van der Waals surface area contributed by atoms with E-state index in [1.165, 1.54) is 0 Å². The highest BCUT2D eigenvalue weighted by atomic mass is 16.7. The van der Waals surface area contributed by atoms with Crippen molar-refractivity contribution >= 4 is 11.8 Å². The third kappa shape index (κ3) is 4.85. The van der Waals surface area contributed by atoms with Crippen molar-refractivity contribution in [2.24, 2.45) is 10.9 Å². The van der Waals surface area contributed by atoms with E-state index in [2.05, 4.69) is 5.16 Å². The van der Waals surface area contributed by atoms with E-state index in [1.807, 2.05) is 39.0 Å². The Kier molecular flexibility index (Phi) is 5.36. The first-order chi connectivity index (χ1) is 11.0. The molecular weight excluding hydrogens is 292 g/mol. The zero-order valence-corrected chi connectivity index (χ0v) is 13.4. The second-order valence-electron chi connectivity index (χ2n) is 5.42. The van der Waals surface area contributed by atoms with E-state index < -0.39 is 5.97 Å². The molecule has 0 aliphatic rings. The fourth-order valence-corrected chi connectivity index (χ4v) is 1.97. The van der Waals surface area contributed by atoms with Crippen molar-refractivity contribution in [2.75, 3.05) is 0 Å². The second kappa shape index (κ2) is 7.45. The number of amidine groups is 1. The van der Waals surface area contributed by atoms with Crippen LogP contribution in [0.1, 0.15) is 35.3 Å². The molecule has 0 radical (unpaired) electrons. The van der Waals surface area contributed by atoms with Crippen LogP contribution in [0.4, 0.5) is 0 Å². The molecule has 0 saturated carbocycles.